The van der Waals surface area contributed by atoms with Gasteiger partial charge in [0.2, 0.25) is 5.91 Å². The molecule has 0 radical (unpaired) electrons. The molecule has 0 fully saturated rings. The molecular formula is C19H24N2O. The predicted octanol–water partition coefficient (Wildman–Crippen LogP) is 3.31. The topological polar surface area (TPSA) is 32.3 Å². The molecule has 0 aliphatic heterocycles. The van der Waals surface area contributed by atoms with Crippen LogP contribution in [0.3, 0.4) is 0 Å². The van der Waals surface area contributed by atoms with Gasteiger partial charge in [0.25, 0.3) is 0 Å². The number of carbonyl (C=O) groups is 1. The minimum Gasteiger partial charge on any atom is -0.358 e. The molecule has 2 aromatic carbocycles. The number of amides is 1. The van der Waals surface area contributed by atoms with Crippen LogP contribution in [-0.4, -0.2) is 30.4 Å². The van der Waals surface area contributed by atoms with E-state index in [-0.39, 0.29) is 5.91 Å². The maximum atomic E-state index is 12.1. The van der Waals surface area contributed by atoms with E-state index < -0.39 is 5.54 Å². The molecule has 1 N–H and O–H groups in total. The summed E-state index contributed by atoms with van der Waals surface area (Å²) in [6.07, 6.45) is 0. The first kappa shape index (κ1) is 16.2. The molecular weight excluding hydrogens is 272 g/mol. The normalized spacial score (nSPS) is 11.5. The van der Waals surface area contributed by atoms with E-state index in [1.807, 2.05) is 45.2 Å². The Hall–Kier alpha value is -2.13. The van der Waals surface area contributed by atoms with Crippen molar-refractivity contribution in [2.24, 2.45) is 0 Å². The van der Waals surface area contributed by atoms with E-state index in [1.165, 1.54) is 16.7 Å². The first-order valence-corrected chi connectivity index (χ1v) is 7.53. The minimum atomic E-state index is -0.557. The summed E-state index contributed by atoms with van der Waals surface area (Å²) in [5, 5.41) is 2.74. The van der Waals surface area contributed by atoms with E-state index in [2.05, 4.69) is 40.5 Å². The van der Waals surface area contributed by atoms with Crippen LogP contribution in [0.4, 0.5) is 0 Å². The first-order chi connectivity index (χ1) is 10.5. The number of nitrogens with one attached hydrogen (secondary N) is 1. The van der Waals surface area contributed by atoms with Crippen molar-refractivity contribution in [3.05, 3.63) is 60.2 Å². The Morgan fingerprint density at radius 3 is 2.27 bits per heavy atom. The summed E-state index contributed by atoms with van der Waals surface area (Å²) in [4.78, 5) is 14.1. The van der Waals surface area contributed by atoms with Crippen molar-refractivity contribution in [3.63, 3.8) is 0 Å². The van der Waals surface area contributed by atoms with E-state index in [9.17, 15) is 4.79 Å². The van der Waals surface area contributed by atoms with Crippen LogP contribution in [0.15, 0.2) is 54.6 Å². The molecule has 0 saturated carbocycles. The molecule has 2 rings (SSSR count). The fraction of sp³-hybridized carbons (Fsp3) is 0.316. The molecule has 3 heteroatoms. The molecule has 1 amide bonds. The smallest absolute Gasteiger partial charge is 0.239 e. The fourth-order valence-electron chi connectivity index (χ4n) is 2.49. The third kappa shape index (κ3) is 3.37. The van der Waals surface area contributed by atoms with E-state index in [1.54, 1.807) is 7.05 Å². The zero-order valence-electron chi connectivity index (χ0n) is 13.8. The Morgan fingerprint density at radius 2 is 1.64 bits per heavy atom. The van der Waals surface area contributed by atoms with Crippen molar-refractivity contribution in [2.75, 3.05) is 14.1 Å². The van der Waals surface area contributed by atoms with Crippen molar-refractivity contribution in [3.8, 4) is 11.1 Å². The summed E-state index contributed by atoms with van der Waals surface area (Å²) >= 11 is 0. The van der Waals surface area contributed by atoms with Crippen LogP contribution in [0.2, 0.25) is 0 Å². The number of hydrogen-bond donors (Lipinski definition) is 1. The highest BCUT2D eigenvalue weighted by molar-refractivity contribution is 5.85. The highest BCUT2D eigenvalue weighted by atomic mass is 16.2. The van der Waals surface area contributed by atoms with E-state index >= 15 is 0 Å². The van der Waals surface area contributed by atoms with Crippen LogP contribution in [0.1, 0.15) is 19.4 Å². The standard InChI is InChI=1S/C19H24N2O/c1-19(2,18(22)20-3)21(4)14-16-12-8-9-13-17(16)15-10-6-5-7-11-15/h5-13H,14H2,1-4H3,(H,20,22). The molecule has 116 valence electrons. The largest absolute Gasteiger partial charge is 0.358 e. The third-order valence-corrected chi connectivity index (χ3v) is 4.25. The highest BCUT2D eigenvalue weighted by Gasteiger charge is 2.31. The summed E-state index contributed by atoms with van der Waals surface area (Å²) < 4.78 is 0. The zero-order chi connectivity index (χ0) is 16.2. The van der Waals surface area contributed by atoms with Gasteiger partial charge in [0.1, 0.15) is 0 Å². The van der Waals surface area contributed by atoms with Gasteiger partial charge in [0, 0.05) is 13.6 Å². The molecule has 0 heterocycles. The van der Waals surface area contributed by atoms with Crippen LogP contribution in [0, 0.1) is 0 Å². The van der Waals surface area contributed by atoms with Gasteiger partial charge < -0.3 is 5.32 Å². The van der Waals surface area contributed by atoms with E-state index in [0.29, 0.717) is 6.54 Å². The Morgan fingerprint density at radius 1 is 1.05 bits per heavy atom. The van der Waals surface area contributed by atoms with Gasteiger partial charge in [-0.15, -0.1) is 0 Å². The van der Waals surface area contributed by atoms with Gasteiger partial charge >= 0.3 is 0 Å². The predicted molar refractivity (Wildman–Crippen MR) is 91.5 cm³/mol. The molecule has 2 aromatic rings. The van der Waals surface area contributed by atoms with Crippen molar-refractivity contribution < 1.29 is 4.79 Å². The summed E-state index contributed by atoms with van der Waals surface area (Å²) in [5.74, 6) is 0.0205. The van der Waals surface area contributed by atoms with Gasteiger partial charge in [-0.1, -0.05) is 54.6 Å². The molecule has 3 nitrogen and oxygen atoms in total. The van der Waals surface area contributed by atoms with Gasteiger partial charge in [0.15, 0.2) is 0 Å². The van der Waals surface area contributed by atoms with Crippen LogP contribution in [0.25, 0.3) is 11.1 Å². The number of hydrogen-bond acceptors (Lipinski definition) is 2. The molecule has 0 unspecified atom stereocenters. The fourth-order valence-corrected chi connectivity index (χ4v) is 2.49. The van der Waals surface area contributed by atoms with Crippen molar-refractivity contribution in [2.45, 2.75) is 25.9 Å². The molecule has 0 spiro atoms. The lowest BCUT2D eigenvalue weighted by molar-refractivity contribution is -0.130. The number of carbonyl (C=O) groups excluding carboxylic acids is 1. The van der Waals surface area contributed by atoms with Crippen molar-refractivity contribution in [1.29, 1.82) is 0 Å². The maximum Gasteiger partial charge on any atom is 0.239 e. The van der Waals surface area contributed by atoms with Crippen LogP contribution in [0.5, 0.6) is 0 Å². The average molecular weight is 296 g/mol. The Kier molecular flexibility index (Phi) is 4.99. The molecule has 22 heavy (non-hydrogen) atoms. The highest BCUT2D eigenvalue weighted by Crippen LogP contribution is 2.26. The SMILES string of the molecule is CNC(=O)C(C)(C)N(C)Cc1ccccc1-c1ccccc1. The third-order valence-electron chi connectivity index (χ3n) is 4.25. The second kappa shape index (κ2) is 6.75. The molecule has 0 bridgehead atoms. The molecule has 0 atom stereocenters. The second-order valence-electron chi connectivity index (χ2n) is 6.02. The average Bonchev–Trinajstić information content (AvgIpc) is 2.55. The van der Waals surface area contributed by atoms with Gasteiger partial charge in [0.05, 0.1) is 5.54 Å². The van der Waals surface area contributed by atoms with Crippen molar-refractivity contribution >= 4 is 5.91 Å². The first-order valence-electron chi connectivity index (χ1n) is 7.53. The van der Waals surface area contributed by atoms with Gasteiger partial charge in [-0.05, 0) is 37.6 Å². The van der Waals surface area contributed by atoms with Crippen LogP contribution in [-0.2, 0) is 11.3 Å². The Labute approximate surface area is 133 Å². The Balaban J connectivity index is 2.30. The summed E-state index contributed by atoms with van der Waals surface area (Å²) in [5.41, 5.74) is 3.07. The number of likely N-dealkylation sites (N-methyl/N-ethyl adjacent to an activating group) is 2. The van der Waals surface area contributed by atoms with E-state index in [4.69, 9.17) is 0 Å². The summed E-state index contributed by atoms with van der Waals surface area (Å²) in [6, 6.07) is 18.7. The quantitative estimate of drug-likeness (QED) is 0.918. The van der Waals surface area contributed by atoms with Crippen molar-refractivity contribution in [1.82, 2.24) is 10.2 Å². The summed E-state index contributed by atoms with van der Waals surface area (Å²) in [7, 11) is 3.66. The number of benzene rings is 2. The molecule has 0 aliphatic rings. The molecule has 0 aliphatic carbocycles. The summed E-state index contributed by atoms with van der Waals surface area (Å²) in [6.45, 7) is 4.60. The molecule has 0 aromatic heterocycles. The van der Waals surface area contributed by atoms with E-state index in [0.717, 1.165) is 0 Å². The van der Waals surface area contributed by atoms with Gasteiger partial charge in [-0.25, -0.2) is 0 Å². The Bertz CT molecular complexity index is 635. The lowest BCUT2D eigenvalue weighted by atomic mass is 9.97. The number of nitrogens with zero attached hydrogens (tertiary/aromatic N) is 1. The lowest BCUT2D eigenvalue weighted by Crippen LogP contribution is -2.52. The van der Waals surface area contributed by atoms with Gasteiger partial charge in [-0.3, -0.25) is 9.69 Å². The monoisotopic (exact) mass is 296 g/mol. The zero-order valence-corrected chi connectivity index (χ0v) is 13.8. The van der Waals surface area contributed by atoms with Gasteiger partial charge in [-0.2, -0.15) is 0 Å². The van der Waals surface area contributed by atoms with Crippen LogP contribution >= 0.6 is 0 Å². The second-order valence-corrected chi connectivity index (χ2v) is 6.02. The lowest BCUT2D eigenvalue weighted by Gasteiger charge is -2.34. The number of rotatable bonds is 5. The van der Waals surface area contributed by atoms with Crippen LogP contribution < -0.4 is 5.32 Å². The molecule has 0 saturated heterocycles. The maximum absolute atomic E-state index is 12.1. The minimum absolute atomic E-state index is 0.0205.